The molecular weight excluding hydrogens is 242 g/mol. The van der Waals surface area contributed by atoms with Crippen molar-refractivity contribution in [1.82, 2.24) is 0 Å². The summed E-state index contributed by atoms with van der Waals surface area (Å²) in [4.78, 5) is 2.72. The molecule has 0 unspecified atom stereocenters. The van der Waals surface area contributed by atoms with Gasteiger partial charge in [-0.3, -0.25) is 0 Å². The van der Waals surface area contributed by atoms with Crippen LogP contribution in [0.3, 0.4) is 0 Å². The molecule has 0 bridgehead atoms. The minimum atomic E-state index is -1.12. The normalized spacial score (nSPS) is 17.4. The van der Waals surface area contributed by atoms with Gasteiger partial charge in [-0.05, 0) is 48.4 Å². The van der Waals surface area contributed by atoms with E-state index in [1.807, 2.05) is 31.2 Å². The quantitative estimate of drug-likeness (QED) is 0.464. The Hall–Kier alpha value is -1.71. The zero-order valence-electron chi connectivity index (χ0n) is 11.1. The SMILES string of the molecule is CC[C@](O)(CN=[N+]=[N-])c1cccc(OCC2CC2)c1. The number of ether oxygens (including phenoxy) is 1. The standard InChI is InChI=1S/C14H19N3O2/c1-2-14(18,10-16-17-15)12-4-3-5-13(8-12)19-9-11-6-7-11/h3-5,8,11,18H,2,6-7,9-10H2,1H3/t14-/m0/s1. The van der Waals surface area contributed by atoms with Crippen LogP contribution in [0.4, 0.5) is 0 Å². The number of hydrogen-bond acceptors (Lipinski definition) is 3. The molecule has 102 valence electrons. The molecule has 1 N–H and O–H groups in total. The summed E-state index contributed by atoms with van der Waals surface area (Å²) in [7, 11) is 0. The summed E-state index contributed by atoms with van der Waals surface area (Å²) in [5, 5.41) is 14.0. The van der Waals surface area contributed by atoms with Crippen LogP contribution in [-0.4, -0.2) is 18.3 Å². The third kappa shape index (κ3) is 3.63. The van der Waals surface area contributed by atoms with Gasteiger partial charge in [-0.1, -0.05) is 24.2 Å². The topological polar surface area (TPSA) is 78.2 Å². The monoisotopic (exact) mass is 261 g/mol. The van der Waals surface area contributed by atoms with E-state index in [0.717, 1.165) is 17.9 Å². The van der Waals surface area contributed by atoms with Crippen LogP contribution in [0.1, 0.15) is 31.7 Å². The average molecular weight is 261 g/mol. The van der Waals surface area contributed by atoms with Crippen LogP contribution in [0.2, 0.25) is 0 Å². The first-order valence-corrected chi connectivity index (χ1v) is 6.64. The Morgan fingerprint density at radius 2 is 2.32 bits per heavy atom. The molecule has 0 aromatic heterocycles. The number of azide groups is 1. The van der Waals surface area contributed by atoms with E-state index in [1.54, 1.807) is 0 Å². The number of nitrogens with zero attached hydrogens (tertiary/aromatic N) is 3. The molecule has 1 saturated carbocycles. The van der Waals surface area contributed by atoms with Gasteiger partial charge < -0.3 is 9.84 Å². The molecule has 1 atom stereocenters. The van der Waals surface area contributed by atoms with Crippen molar-refractivity contribution in [3.63, 3.8) is 0 Å². The molecule has 0 radical (unpaired) electrons. The molecule has 0 spiro atoms. The highest BCUT2D eigenvalue weighted by Crippen LogP contribution is 2.31. The van der Waals surface area contributed by atoms with Gasteiger partial charge in [0, 0.05) is 4.91 Å². The van der Waals surface area contributed by atoms with E-state index in [-0.39, 0.29) is 6.54 Å². The largest absolute Gasteiger partial charge is 0.493 e. The van der Waals surface area contributed by atoms with Crippen molar-refractivity contribution in [2.75, 3.05) is 13.2 Å². The molecule has 1 aromatic rings. The van der Waals surface area contributed by atoms with E-state index in [1.165, 1.54) is 12.8 Å². The molecule has 5 heteroatoms. The van der Waals surface area contributed by atoms with Gasteiger partial charge in [0.15, 0.2) is 0 Å². The Bertz CT molecular complexity index is 481. The van der Waals surface area contributed by atoms with E-state index in [0.29, 0.717) is 12.3 Å². The van der Waals surface area contributed by atoms with Crippen LogP contribution in [0, 0.1) is 5.92 Å². The number of rotatable bonds is 7. The van der Waals surface area contributed by atoms with Crippen molar-refractivity contribution >= 4 is 0 Å². The molecule has 5 nitrogen and oxygen atoms in total. The van der Waals surface area contributed by atoms with Gasteiger partial charge in [-0.15, -0.1) is 0 Å². The zero-order valence-corrected chi connectivity index (χ0v) is 11.1. The Balaban J connectivity index is 2.11. The van der Waals surface area contributed by atoms with Crippen LogP contribution in [-0.2, 0) is 5.60 Å². The van der Waals surface area contributed by atoms with Crippen molar-refractivity contribution in [2.45, 2.75) is 31.8 Å². The lowest BCUT2D eigenvalue weighted by atomic mass is 9.91. The highest BCUT2D eigenvalue weighted by Gasteiger charge is 2.27. The summed E-state index contributed by atoms with van der Waals surface area (Å²) in [6, 6.07) is 7.41. The van der Waals surface area contributed by atoms with E-state index < -0.39 is 5.60 Å². The van der Waals surface area contributed by atoms with Gasteiger partial charge in [-0.2, -0.15) is 0 Å². The maximum Gasteiger partial charge on any atom is 0.119 e. The molecule has 0 heterocycles. The molecular formula is C14H19N3O2. The van der Waals surface area contributed by atoms with Crippen LogP contribution in [0.5, 0.6) is 5.75 Å². The van der Waals surface area contributed by atoms with Gasteiger partial charge in [0.2, 0.25) is 0 Å². The van der Waals surface area contributed by atoms with Gasteiger partial charge in [-0.25, -0.2) is 0 Å². The van der Waals surface area contributed by atoms with Crippen LogP contribution in [0.15, 0.2) is 29.4 Å². The van der Waals surface area contributed by atoms with Gasteiger partial charge in [0.05, 0.1) is 18.8 Å². The van der Waals surface area contributed by atoms with Gasteiger partial charge in [0.25, 0.3) is 0 Å². The van der Waals surface area contributed by atoms with Gasteiger partial charge >= 0.3 is 0 Å². The molecule has 0 aliphatic heterocycles. The van der Waals surface area contributed by atoms with Crippen molar-refractivity contribution in [2.24, 2.45) is 11.0 Å². The Labute approximate surface area is 112 Å². The van der Waals surface area contributed by atoms with E-state index in [9.17, 15) is 5.11 Å². The van der Waals surface area contributed by atoms with Crippen LogP contribution < -0.4 is 4.74 Å². The second-order valence-electron chi connectivity index (χ2n) is 5.06. The molecule has 1 aromatic carbocycles. The predicted octanol–water partition coefficient (Wildman–Crippen LogP) is 3.38. The molecule has 2 rings (SSSR count). The van der Waals surface area contributed by atoms with E-state index in [2.05, 4.69) is 10.0 Å². The second kappa shape index (κ2) is 5.95. The lowest BCUT2D eigenvalue weighted by Crippen LogP contribution is -2.28. The summed E-state index contributed by atoms with van der Waals surface area (Å²) >= 11 is 0. The van der Waals surface area contributed by atoms with Crippen molar-refractivity contribution in [3.05, 3.63) is 40.3 Å². The zero-order chi connectivity index (χ0) is 13.7. The maximum absolute atomic E-state index is 10.5. The first kappa shape index (κ1) is 13.7. The Kier molecular flexibility index (Phi) is 4.30. The molecule has 0 amide bonds. The van der Waals surface area contributed by atoms with Crippen LogP contribution >= 0.6 is 0 Å². The summed E-state index contributed by atoms with van der Waals surface area (Å²) in [6.07, 6.45) is 2.98. The molecule has 0 saturated heterocycles. The third-order valence-electron chi connectivity index (χ3n) is 3.53. The molecule has 1 aliphatic carbocycles. The first-order chi connectivity index (χ1) is 9.18. The third-order valence-corrected chi connectivity index (χ3v) is 3.53. The molecule has 1 aliphatic rings. The van der Waals surface area contributed by atoms with Gasteiger partial charge in [0.1, 0.15) is 5.75 Å². The van der Waals surface area contributed by atoms with Crippen molar-refractivity contribution in [1.29, 1.82) is 0 Å². The Morgan fingerprint density at radius 3 is 2.95 bits per heavy atom. The van der Waals surface area contributed by atoms with Crippen molar-refractivity contribution < 1.29 is 9.84 Å². The van der Waals surface area contributed by atoms with Crippen molar-refractivity contribution in [3.8, 4) is 5.75 Å². The lowest BCUT2D eigenvalue weighted by Gasteiger charge is -2.25. The minimum absolute atomic E-state index is 0.0338. The Morgan fingerprint density at radius 1 is 1.53 bits per heavy atom. The number of aliphatic hydroxyl groups is 1. The highest BCUT2D eigenvalue weighted by atomic mass is 16.5. The summed E-state index contributed by atoms with van der Waals surface area (Å²) in [6.45, 7) is 2.64. The summed E-state index contributed by atoms with van der Waals surface area (Å²) in [5.74, 6) is 1.45. The maximum atomic E-state index is 10.5. The van der Waals surface area contributed by atoms with E-state index >= 15 is 0 Å². The van der Waals surface area contributed by atoms with Crippen LogP contribution in [0.25, 0.3) is 10.4 Å². The lowest BCUT2D eigenvalue weighted by molar-refractivity contribution is 0.0417. The predicted molar refractivity (Wildman–Crippen MR) is 72.9 cm³/mol. The number of benzene rings is 1. The molecule has 19 heavy (non-hydrogen) atoms. The molecule has 1 fully saturated rings. The van der Waals surface area contributed by atoms with E-state index in [4.69, 9.17) is 10.3 Å². The highest BCUT2D eigenvalue weighted by molar-refractivity contribution is 5.32. The minimum Gasteiger partial charge on any atom is -0.493 e. The summed E-state index contributed by atoms with van der Waals surface area (Å²) < 4.78 is 5.70. The second-order valence-corrected chi connectivity index (χ2v) is 5.06. The first-order valence-electron chi connectivity index (χ1n) is 6.64. The summed E-state index contributed by atoms with van der Waals surface area (Å²) in [5.41, 5.74) is 8.01. The fourth-order valence-corrected chi connectivity index (χ4v) is 1.93. The fraction of sp³-hybridized carbons (Fsp3) is 0.571. The average Bonchev–Trinajstić information content (AvgIpc) is 3.27. The smallest absolute Gasteiger partial charge is 0.119 e. The number of hydrogen-bond donors (Lipinski definition) is 1. The fourth-order valence-electron chi connectivity index (χ4n) is 1.93.